The summed E-state index contributed by atoms with van der Waals surface area (Å²) in [5, 5.41) is 3.24. The molecular formula is C13H16N2O3. The van der Waals surface area contributed by atoms with E-state index in [4.69, 9.17) is 9.47 Å². The highest BCUT2D eigenvalue weighted by Crippen LogP contribution is 2.35. The molecule has 1 aromatic rings. The Morgan fingerprint density at radius 2 is 2.28 bits per heavy atom. The third kappa shape index (κ3) is 1.71. The molecule has 0 bridgehead atoms. The summed E-state index contributed by atoms with van der Waals surface area (Å²) in [4.78, 5) is 13.8. The van der Waals surface area contributed by atoms with Crippen molar-refractivity contribution < 1.29 is 14.3 Å². The molecule has 2 unspecified atom stereocenters. The van der Waals surface area contributed by atoms with Gasteiger partial charge < -0.3 is 14.8 Å². The van der Waals surface area contributed by atoms with Crippen LogP contribution < -0.4 is 15.0 Å². The number of methoxy groups -OCH3 is 1. The van der Waals surface area contributed by atoms with Gasteiger partial charge in [0.15, 0.2) is 0 Å². The second-order valence-electron chi connectivity index (χ2n) is 4.52. The van der Waals surface area contributed by atoms with Crippen LogP contribution >= 0.6 is 0 Å². The van der Waals surface area contributed by atoms with E-state index < -0.39 is 0 Å². The second kappa shape index (κ2) is 4.49. The quantitative estimate of drug-likeness (QED) is 0.859. The molecule has 3 rings (SSSR count). The normalized spacial score (nSPS) is 26.7. The average molecular weight is 248 g/mol. The van der Waals surface area contributed by atoms with Crippen molar-refractivity contribution in [2.24, 2.45) is 0 Å². The predicted octanol–water partition coefficient (Wildman–Crippen LogP) is 1.38. The molecule has 18 heavy (non-hydrogen) atoms. The van der Waals surface area contributed by atoms with E-state index in [0.29, 0.717) is 5.75 Å². The molecule has 2 aliphatic heterocycles. The van der Waals surface area contributed by atoms with Crippen LogP contribution in [0.4, 0.5) is 10.5 Å². The Balaban J connectivity index is 1.97. The lowest BCUT2D eigenvalue weighted by Crippen LogP contribution is -2.47. The Kier molecular flexibility index (Phi) is 2.83. The van der Waals surface area contributed by atoms with E-state index in [1.165, 1.54) is 0 Å². The van der Waals surface area contributed by atoms with Crippen LogP contribution in [-0.2, 0) is 4.74 Å². The average Bonchev–Trinajstić information content (AvgIpc) is 2.74. The first kappa shape index (κ1) is 11.3. The fraction of sp³-hybridized carbons (Fsp3) is 0.462. The van der Waals surface area contributed by atoms with Crippen molar-refractivity contribution in [1.29, 1.82) is 0 Å². The van der Waals surface area contributed by atoms with E-state index >= 15 is 0 Å². The number of amides is 1. The van der Waals surface area contributed by atoms with Crippen LogP contribution in [0.25, 0.3) is 0 Å². The molecule has 2 heterocycles. The molecule has 0 aliphatic carbocycles. The van der Waals surface area contributed by atoms with Gasteiger partial charge in [-0.25, -0.2) is 4.79 Å². The number of piperidine rings is 1. The van der Waals surface area contributed by atoms with E-state index in [1.54, 1.807) is 12.0 Å². The molecule has 1 N–H and O–H groups in total. The van der Waals surface area contributed by atoms with Gasteiger partial charge in [-0.15, -0.1) is 0 Å². The molecule has 96 valence electrons. The lowest BCUT2D eigenvalue weighted by molar-refractivity contribution is 0.121. The highest BCUT2D eigenvalue weighted by atomic mass is 16.6. The van der Waals surface area contributed by atoms with Crippen molar-refractivity contribution >= 4 is 11.8 Å². The van der Waals surface area contributed by atoms with Gasteiger partial charge in [0.25, 0.3) is 0 Å². The molecular weight excluding hydrogens is 232 g/mol. The summed E-state index contributed by atoms with van der Waals surface area (Å²) in [5.74, 6) is 0.702. The molecule has 0 saturated carbocycles. The second-order valence-corrected chi connectivity index (χ2v) is 4.52. The zero-order chi connectivity index (χ0) is 12.5. The first-order valence-corrected chi connectivity index (χ1v) is 6.15. The number of fused-ring (bicyclic) bond motifs is 1. The van der Waals surface area contributed by atoms with Crippen molar-refractivity contribution in [1.82, 2.24) is 5.32 Å². The van der Waals surface area contributed by atoms with Gasteiger partial charge in [-0.1, -0.05) is 12.1 Å². The maximum atomic E-state index is 12.0. The highest BCUT2D eigenvalue weighted by Gasteiger charge is 2.44. The third-order valence-corrected chi connectivity index (χ3v) is 3.52. The zero-order valence-corrected chi connectivity index (χ0v) is 10.3. The first-order valence-electron chi connectivity index (χ1n) is 6.15. The number of carbonyl (C=O) groups is 1. The molecule has 0 aromatic heterocycles. The van der Waals surface area contributed by atoms with Crippen molar-refractivity contribution in [2.75, 3.05) is 25.1 Å². The van der Waals surface area contributed by atoms with E-state index in [-0.39, 0.29) is 18.2 Å². The Bertz CT molecular complexity index is 463. The van der Waals surface area contributed by atoms with Crippen molar-refractivity contribution in [3.63, 3.8) is 0 Å². The summed E-state index contributed by atoms with van der Waals surface area (Å²) in [6, 6.07) is 7.65. The zero-order valence-electron chi connectivity index (χ0n) is 10.3. The Morgan fingerprint density at radius 3 is 3.11 bits per heavy atom. The Labute approximate surface area is 106 Å². The predicted molar refractivity (Wildman–Crippen MR) is 67.0 cm³/mol. The molecule has 2 fully saturated rings. The number of hydrogen-bond acceptors (Lipinski definition) is 4. The van der Waals surface area contributed by atoms with E-state index in [9.17, 15) is 4.79 Å². The smallest absolute Gasteiger partial charge is 0.415 e. The van der Waals surface area contributed by atoms with Crippen LogP contribution in [0.2, 0.25) is 0 Å². The highest BCUT2D eigenvalue weighted by molar-refractivity contribution is 5.92. The fourth-order valence-electron chi connectivity index (χ4n) is 2.66. The van der Waals surface area contributed by atoms with Crippen LogP contribution in [0, 0.1) is 0 Å². The van der Waals surface area contributed by atoms with Gasteiger partial charge in [-0.2, -0.15) is 0 Å². The van der Waals surface area contributed by atoms with Crippen LogP contribution in [-0.4, -0.2) is 38.4 Å². The van der Waals surface area contributed by atoms with E-state index in [0.717, 1.165) is 25.2 Å². The van der Waals surface area contributed by atoms with Crippen LogP contribution in [0.15, 0.2) is 24.3 Å². The summed E-state index contributed by atoms with van der Waals surface area (Å²) in [5.41, 5.74) is 0.791. The van der Waals surface area contributed by atoms with Gasteiger partial charge >= 0.3 is 6.09 Å². The monoisotopic (exact) mass is 248 g/mol. The number of para-hydroxylation sites is 2. The molecule has 0 radical (unpaired) electrons. The maximum absolute atomic E-state index is 12.0. The minimum atomic E-state index is -0.279. The van der Waals surface area contributed by atoms with E-state index in [1.807, 2.05) is 24.3 Å². The summed E-state index contributed by atoms with van der Waals surface area (Å²) in [7, 11) is 1.61. The minimum Gasteiger partial charge on any atom is -0.495 e. The summed E-state index contributed by atoms with van der Waals surface area (Å²) >= 11 is 0. The van der Waals surface area contributed by atoms with Gasteiger partial charge in [-0.3, -0.25) is 4.90 Å². The Hall–Kier alpha value is -1.75. The van der Waals surface area contributed by atoms with Gasteiger partial charge in [0, 0.05) is 6.54 Å². The number of carbonyl (C=O) groups excluding carboxylic acids is 1. The number of hydrogen-bond donors (Lipinski definition) is 1. The van der Waals surface area contributed by atoms with Gasteiger partial charge in [0.1, 0.15) is 11.9 Å². The van der Waals surface area contributed by atoms with Crippen molar-refractivity contribution in [2.45, 2.75) is 18.6 Å². The number of rotatable bonds is 2. The number of benzene rings is 1. The molecule has 5 nitrogen and oxygen atoms in total. The molecule has 1 amide bonds. The van der Waals surface area contributed by atoms with Crippen LogP contribution in [0.5, 0.6) is 5.75 Å². The molecule has 0 spiro atoms. The lowest BCUT2D eigenvalue weighted by atomic mass is 10.0. The largest absolute Gasteiger partial charge is 0.495 e. The molecule has 2 atom stereocenters. The maximum Gasteiger partial charge on any atom is 0.415 e. The van der Waals surface area contributed by atoms with Gasteiger partial charge in [0.2, 0.25) is 0 Å². The first-order chi connectivity index (χ1) is 8.81. The van der Waals surface area contributed by atoms with E-state index in [2.05, 4.69) is 5.32 Å². The van der Waals surface area contributed by atoms with Crippen molar-refractivity contribution in [3.8, 4) is 5.75 Å². The van der Waals surface area contributed by atoms with Crippen LogP contribution in [0.1, 0.15) is 6.42 Å². The topological polar surface area (TPSA) is 50.8 Å². The van der Waals surface area contributed by atoms with Crippen LogP contribution in [0.3, 0.4) is 0 Å². The number of nitrogens with zero attached hydrogens (tertiary/aromatic N) is 1. The van der Waals surface area contributed by atoms with Gasteiger partial charge in [0.05, 0.1) is 18.8 Å². The number of ether oxygens (including phenoxy) is 2. The molecule has 1 aromatic carbocycles. The molecule has 2 saturated heterocycles. The summed E-state index contributed by atoms with van der Waals surface area (Å²) in [6.45, 7) is 1.63. The number of nitrogens with one attached hydrogen (secondary N) is 1. The molecule has 2 aliphatic rings. The SMILES string of the molecule is COc1ccccc1N1C(=O)OC2CNCCC21. The fourth-order valence-corrected chi connectivity index (χ4v) is 2.66. The van der Waals surface area contributed by atoms with Gasteiger partial charge in [-0.05, 0) is 25.1 Å². The van der Waals surface area contributed by atoms with Crippen molar-refractivity contribution in [3.05, 3.63) is 24.3 Å². The number of anilines is 1. The standard InChI is InChI=1S/C13H16N2O3/c1-17-11-5-3-2-4-9(11)15-10-6-7-14-8-12(10)18-13(15)16/h2-5,10,12,14H,6-8H2,1H3. The molecule has 5 heteroatoms. The summed E-state index contributed by atoms with van der Waals surface area (Å²) < 4.78 is 10.7. The Morgan fingerprint density at radius 1 is 1.44 bits per heavy atom. The minimum absolute atomic E-state index is 0.0591. The summed E-state index contributed by atoms with van der Waals surface area (Å²) in [6.07, 6.45) is 0.559. The lowest BCUT2D eigenvalue weighted by Gasteiger charge is -2.29. The third-order valence-electron chi connectivity index (χ3n) is 3.52.